The van der Waals surface area contributed by atoms with Crippen molar-refractivity contribution < 1.29 is 19.0 Å². The van der Waals surface area contributed by atoms with Crippen molar-refractivity contribution in [3.63, 3.8) is 0 Å². The SMILES string of the molecule is C=C(C)Oc1ccc(C(=O)C=Cc2cc(OC)ccc2OC)cc1. The van der Waals surface area contributed by atoms with Gasteiger partial charge in [-0.15, -0.1) is 0 Å². The van der Waals surface area contributed by atoms with Crippen molar-refractivity contribution in [1.82, 2.24) is 0 Å². The van der Waals surface area contributed by atoms with E-state index in [0.717, 1.165) is 5.56 Å². The highest BCUT2D eigenvalue weighted by Gasteiger charge is 2.05. The Morgan fingerprint density at radius 2 is 1.67 bits per heavy atom. The van der Waals surface area contributed by atoms with Crippen LogP contribution in [0.2, 0.25) is 0 Å². The van der Waals surface area contributed by atoms with Gasteiger partial charge in [-0.3, -0.25) is 4.79 Å². The molecule has 24 heavy (non-hydrogen) atoms. The van der Waals surface area contributed by atoms with Crippen molar-refractivity contribution >= 4 is 11.9 Å². The van der Waals surface area contributed by atoms with E-state index in [1.165, 1.54) is 6.08 Å². The Kier molecular flexibility index (Phi) is 5.79. The summed E-state index contributed by atoms with van der Waals surface area (Å²) in [6, 6.07) is 12.3. The molecular weight excluding hydrogens is 304 g/mol. The van der Waals surface area contributed by atoms with Gasteiger partial charge >= 0.3 is 0 Å². The maximum atomic E-state index is 12.3. The molecule has 4 nitrogen and oxygen atoms in total. The van der Waals surface area contributed by atoms with E-state index in [2.05, 4.69) is 6.58 Å². The first kappa shape index (κ1) is 17.3. The molecule has 0 aromatic heterocycles. The van der Waals surface area contributed by atoms with Crippen LogP contribution in [0.25, 0.3) is 6.08 Å². The molecule has 0 N–H and O–H groups in total. The number of ether oxygens (including phenoxy) is 3. The number of benzene rings is 2. The van der Waals surface area contributed by atoms with Crippen LogP contribution in [-0.2, 0) is 0 Å². The fourth-order valence-corrected chi connectivity index (χ4v) is 2.12. The molecule has 2 aromatic rings. The van der Waals surface area contributed by atoms with Gasteiger partial charge in [0.25, 0.3) is 0 Å². The molecule has 0 fully saturated rings. The molecule has 0 amide bonds. The number of methoxy groups -OCH3 is 2. The summed E-state index contributed by atoms with van der Waals surface area (Å²) in [6.07, 6.45) is 3.22. The molecule has 0 atom stereocenters. The highest BCUT2D eigenvalue weighted by Crippen LogP contribution is 2.25. The molecule has 124 valence electrons. The standard InChI is InChI=1S/C20H20O4/c1-14(2)24-17-8-5-15(6-9-17)19(21)11-7-16-13-18(22-3)10-12-20(16)23-4/h5-13H,1H2,2-4H3. The van der Waals surface area contributed by atoms with Crippen LogP contribution in [0, 0.1) is 0 Å². The monoisotopic (exact) mass is 324 g/mol. The van der Waals surface area contributed by atoms with Crippen molar-refractivity contribution in [2.75, 3.05) is 14.2 Å². The lowest BCUT2D eigenvalue weighted by Gasteiger charge is -2.07. The summed E-state index contributed by atoms with van der Waals surface area (Å²) >= 11 is 0. The van der Waals surface area contributed by atoms with Crippen LogP contribution >= 0.6 is 0 Å². The number of allylic oxidation sites excluding steroid dienone is 2. The van der Waals surface area contributed by atoms with Gasteiger partial charge in [0.15, 0.2) is 5.78 Å². The minimum absolute atomic E-state index is 0.109. The third kappa shape index (κ3) is 4.49. The number of carbonyl (C=O) groups is 1. The zero-order valence-corrected chi connectivity index (χ0v) is 14.0. The fraction of sp³-hybridized carbons (Fsp3) is 0.150. The van der Waals surface area contributed by atoms with E-state index in [1.54, 1.807) is 63.6 Å². The zero-order chi connectivity index (χ0) is 17.5. The van der Waals surface area contributed by atoms with Gasteiger partial charge in [-0.05, 0) is 61.5 Å². The maximum absolute atomic E-state index is 12.3. The Balaban J connectivity index is 2.16. The molecule has 0 aliphatic carbocycles. The largest absolute Gasteiger partial charge is 0.497 e. The van der Waals surface area contributed by atoms with Crippen LogP contribution in [0.3, 0.4) is 0 Å². The van der Waals surface area contributed by atoms with Gasteiger partial charge in [-0.2, -0.15) is 0 Å². The van der Waals surface area contributed by atoms with Crippen molar-refractivity contribution in [2.45, 2.75) is 6.92 Å². The first-order valence-corrected chi connectivity index (χ1v) is 7.41. The van der Waals surface area contributed by atoms with Gasteiger partial charge in [-0.25, -0.2) is 0 Å². The molecule has 4 heteroatoms. The molecule has 2 aromatic carbocycles. The normalized spacial score (nSPS) is 10.5. The van der Waals surface area contributed by atoms with Gasteiger partial charge < -0.3 is 14.2 Å². The van der Waals surface area contributed by atoms with Crippen molar-refractivity contribution in [1.29, 1.82) is 0 Å². The lowest BCUT2D eigenvalue weighted by atomic mass is 10.1. The van der Waals surface area contributed by atoms with Crippen LogP contribution in [0.4, 0.5) is 0 Å². The van der Waals surface area contributed by atoms with Gasteiger partial charge in [-0.1, -0.05) is 6.58 Å². The molecule has 0 aliphatic rings. The highest BCUT2D eigenvalue weighted by atomic mass is 16.5. The maximum Gasteiger partial charge on any atom is 0.185 e. The lowest BCUT2D eigenvalue weighted by Crippen LogP contribution is -1.95. The highest BCUT2D eigenvalue weighted by molar-refractivity contribution is 6.07. The number of rotatable bonds is 7. The van der Waals surface area contributed by atoms with E-state index >= 15 is 0 Å². The summed E-state index contributed by atoms with van der Waals surface area (Å²) in [6.45, 7) is 5.45. The quantitative estimate of drug-likeness (QED) is 0.427. The molecule has 0 heterocycles. The average molecular weight is 324 g/mol. The van der Waals surface area contributed by atoms with E-state index < -0.39 is 0 Å². The Morgan fingerprint density at radius 3 is 2.25 bits per heavy atom. The summed E-state index contributed by atoms with van der Waals surface area (Å²) in [5, 5.41) is 0. The zero-order valence-electron chi connectivity index (χ0n) is 14.0. The Bertz CT molecular complexity index is 758. The lowest BCUT2D eigenvalue weighted by molar-refractivity contribution is 0.104. The molecule has 0 saturated carbocycles. The van der Waals surface area contributed by atoms with Crippen LogP contribution in [-0.4, -0.2) is 20.0 Å². The first-order chi connectivity index (χ1) is 11.5. The summed E-state index contributed by atoms with van der Waals surface area (Å²) < 4.78 is 15.9. The van der Waals surface area contributed by atoms with Crippen molar-refractivity contribution in [2.24, 2.45) is 0 Å². The topological polar surface area (TPSA) is 44.8 Å². The molecule has 2 rings (SSSR count). The van der Waals surface area contributed by atoms with Gasteiger partial charge in [0.1, 0.15) is 17.2 Å². The van der Waals surface area contributed by atoms with Gasteiger partial charge in [0, 0.05) is 11.1 Å². The number of hydrogen-bond acceptors (Lipinski definition) is 4. The van der Waals surface area contributed by atoms with Crippen LogP contribution < -0.4 is 14.2 Å². The molecule has 0 aliphatic heterocycles. The molecule has 0 saturated heterocycles. The van der Waals surface area contributed by atoms with Crippen molar-refractivity contribution in [3.8, 4) is 17.2 Å². The Labute approximate surface area is 142 Å². The Hall–Kier alpha value is -3.01. The van der Waals surface area contributed by atoms with E-state index in [4.69, 9.17) is 14.2 Å². The van der Waals surface area contributed by atoms with Gasteiger partial charge in [0.2, 0.25) is 0 Å². The second kappa shape index (κ2) is 8.02. The second-order valence-electron chi connectivity index (χ2n) is 5.13. The number of hydrogen-bond donors (Lipinski definition) is 0. The van der Waals surface area contributed by atoms with Crippen LogP contribution in [0.15, 0.2) is 60.9 Å². The second-order valence-corrected chi connectivity index (χ2v) is 5.13. The minimum atomic E-state index is -0.109. The van der Waals surface area contributed by atoms with Crippen LogP contribution in [0.5, 0.6) is 17.2 Å². The van der Waals surface area contributed by atoms with Crippen LogP contribution in [0.1, 0.15) is 22.8 Å². The van der Waals surface area contributed by atoms with E-state index in [-0.39, 0.29) is 5.78 Å². The van der Waals surface area contributed by atoms with E-state index in [0.29, 0.717) is 28.6 Å². The smallest absolute Gasteiger partial charge is 0.185 e. The first-order valence-electron chi connectivity index (χ1n) is 7.41. The predicted molar refractivity (Wildman–Crippen MR) is 94.8 cm³/mol. The third-order valence-corrected chi connectivity index (χ3v) is 3.28. The summed E-state index contributed by atoms with van der Waals surface area (Å²) in [4.78, 5) is 12.3. The number of ketones is 1. The Morgan fingerprint density at radius 1 is 1.00 bits per heavy atom. The van der Waals surface area contributed by atoms with E-state index in [9.17, 15) is 4.79 Å². The molecule has 0 spiro atoms. The predicted octanol–water partition coefficient (Wildman–Crippen LogP) is 4.51. The van der Waals surface area contributed by atoms with Crippen molar-refractivity contribution in [3.05, 3.63) is 72.0 Å². The molecule has 0 unspecified atom stereocenters. The minimum Gasteiger partial charge on any atom is -0.497 e. The fourth-order valence-electron chi connectivity index (χ4n) is 2.12. The number of carbonyl (C=O) groups excluding carboxylic acids is 1. The van der Waals surface area contributed by atoms with Gasteiger partial charge in [0.05, 0.1) is 20.0 Å². The molecule has 0 bridgehead atoms. The summed E-state index contributed by atoms with van der Waals surface area (Å²) in [5.74, 6) is 2.51. The van der Waals surface area contributed by atoms with E-state index in [1.807, 2.05) is 6.07 Å². The molecular formula is C20H20O4. The average Bonchev–Trinajstić information content (AvgIpc) is 2.59. The summed E-state index contributed by atoms with van der Waals surface area (Å²) in [7, 11) is 3.18. The summed E-state index contributed by atoms with van der Waals surface area (Å²) in [5.41, 5.74) is 1.34. The molecule has 0 radical (unpaired) electrons. The third-order valence-electron chi connectivity index (χ3n) is 3.28.